The minimum absolute atomic E-state index is 0.0175. The normalized spacial score (nSPS) is 15.8. The van der Waals surface area contributed by atoms with Crippen molar-refractivity contribution in [2.75, 3.05) is 13.1 Å². The van der Waals surface area contributed by atoms with Gasteiger partial charge in [0.15, 0.2) is 0 Å². The Bertz CT molecular complexity index is 1130. The molecule has 0 saturated heterocycles. The van der Waals surface area contributed by atoms with Crippen molar-refractivity contribution >= 4 is 35.6 Å². The molecule has 43 heavy (non-hydrogen) atoms. The van der Waals surface area contributed by atoms with Gasteiger partial charge in [0.2, 0.25) is 0 Å². The third-order valence-corrected chi connectivity index (χ3v) is 5.43. The summed E-state index contributed by atoms with van der Waals surface area (Å²) >= 11 is 0. The van der Waals surface area contributed by atoms with Gasteiger partial charge in [-0.3, -0.25) is 38.8 Å². The van der Waals surface area contributed by atoms with Crippen molar-refractivity contribution in [1.82, 2.24) is 9.80 Å². The van der Waals surface area contributed by atoms with Crippen LogP contribution in [0, 0.1) is 5.41 Å². The summed E-state index contributed by atoms with van der Waals surface area (Å²) in [5.41, 5.74) is -0.428. The van der Waals surface area contributed by atoms with E-state index in [1.54, 1.807) is 34.6 Å². The van der Waals surface area contributed by atoms with Gasteiger partial charge >= 0.3 is 11.9 Å². The number of carbonyl (C=O) groups excluding carboxylic acids is 6. The average molecular weight is 613 g/mol. The molecule has 0 unspecified atom stereocenters. The molecule has 0 aliphatic carbocycles. The molecule has 0 radical (unpaired) electrons. The molecule has 2 aliphatic heterocycles. The van der Waals surface area contributed by atoms with E-state index in [0.29, 0.717) is 24.0 Å². The highest BCUT2D eigenvalue weighted by Gasteiger charge is 2.31. The predicted molar refractivity (Wildman–Crippen MR) is 149 cm³/mol. The summed E-state index contributed by atoms with van der Waals surface area (Å²) < 4.78 is 0. The molecular weight excluding hydrogens is 568 g/mol. The second-order valence-corrected chi connectivity index (χ2v) is 12.9. The summed E-state index contributed by atoms with van der Waals surface area (Å²) in [5.74, 6) is -2.85. The smallest absolute Gasteiger partial charge is 0.275 e. The van der Waals surface area contributed by atoms with Crippen molar-refractivity contribution in [1.29, 1.82) is 0 Å². The fourth-order valence-electron chi connectivity index (χ4n) is 3.98. The van der Waals surface area contributed by atoms with Crippen LogP contribution in [0.25, 0.3) is 0 Å². The zero-order valence-electron chi connectivity index (χ0n) is 26.7. The molecule has 14 nitrogen and oxygen atoms in total. The second kappa shape index (κ2) is 15.8. The number of rotatable bonds is 13. The third kappa shape index (κ3) is 14.5. The van der Waals surface area contributed by atoms with E-state index >= 15 is 0 Å². The maximum atomic E-state index is 11.6. The molecule has 2 aliphatic rings. The Labute approximate surface area is 251 Å². The molecule has 0 N–H and O–H groups in total. The highest BCUT2D eigenvalue weighted by molar-refractivity contribution is 6.16. The fraction of sp³-hybridized carbons (Fsp3) is 0.655. The number of nitrogens with zero attached hydrogens (tertiary/aromatic N) is 2. The van der Waals surface area contributed by atoms with Gasteiger partial charge in [0.1, 0.15) is 5.60 Å². The van der Waals surface area contributed by atoms with Crippen LogP contribution in [0.1, 0.15) is 94.9 Å². The maximum absolute atomic E-state index is 11.6. The van der Waals surface area contributed by atoms with Gasteiger partial charge in [0.05, 0.1) is 18.4 Å². The molecule has 0 spiro atoms. The van der Waals surface area contributed by atoms with Crippen LogP contribution in [0.3, 0.4) is 0 Å². The Morgan fingerprint density at radius 3 is 1.53 bits per heavy atom. The van der Waals surface area contributed by atoms with E-state index in [4.69, 9.17) is 9.78 Å². The SMILES string of the molecule is CC1=CC(=O)N(CCC(=O)OOOC(C)(C)CC(C)(C)C)C1=O.CC1=CC(=O)N(CCCC(=O)OOOC(C)(C)C)C1=O. The Balaban J connectivity index is 0.000000434. The molecule has 0 aromatic heterocycles. The Morgan fingerprint density at radius 2 is 1.12 bits per heavy atom. The first-order valence-electron chi connectivity index (χ1n) is 13.8. The van der Waals surface area contributed by atoms with Gasteiger partial charge in [0, 0.05) is 36.4 Å². The van der Waals surface area contributed by atoms with E-state index in [9.17, 15) is 28.8 Å². The quantitative estimate of drug-likeness (QED) is 0.169. The summed E-state index contributed by atoms with van der Waals surface area (Å²) in [6.45, 7) is 18.3. The molecule has 0 aromatic carbocycles. The van der Waals surface area contributed by atoms with Gasteiger partial charge < -0.3 is 0 Å². The van der Waals surface area contributed by atoms with E-state index < -0.39 is 35.0 Å². The first-order valence-corrected chi connectivity index (χ1v) is 13.8. The van der Waals surface area contributed by atoms with Crippen molar-refractivity contribution in [2.24, 2.45) is 5.41 Å². The lowest BCUT2D eigenvalue weighted by Gasteiger charge is -2.29. The maximum Gasteiger partial charge on any atom is 0.347 e. The Morgan fingerprint density at radius 1 is 0.674 bits per heavy atom. The second-order valence-electron chi connectivity index (χ2n) is 12.9. The highest BCUT2D eigenvalue weighted by atomic mass is 17.5. The number of hydrogen-bond donors (Lipinski definition) is 0. The van der Waals surface area contributed by atoms with Gasteiger partial charge in [-0.2, -0.15) is 9.78 Å². The van der Waals surface area contributed by atoms with Gasteiger partial charge in [-0.15, -0.1) is 0 Å². The Hall–Kier alpha value is -3.46. The van der Waals surface area contributed by atoms with E-state index in [2.05, 4.69) is 40.6 Å². The molecule has 0 saturated carbocycles. The summed E-state index contributed by atoms with van der Waals surface area (Å²) in [6, 6.07) is 0. The van der Waals surface area contributed by atoms with Crippen LogP contribution in [-0.4, -0.2) is 69.7 Å². The number of amides is 4. The summed E-state index contributed by atoms with van der Waals surface area (Å²) in [6.07, 6.45) is 3.37. The summed E-state index contributed by atoms with van der Waals surface area (Å²) in [7, 11) is 0. The number of carbonyl (C=O) groups is 6. The molecule has 14 heteroatoms. The van der Waals surface area contributed by atoms with Crippen LogP contribution >= 0.6 is 0 Å². The molecule has 2 heterocycles. The topological polar surface area (TPSA) is 164 Å². The van der Waals surface area contributed by atoms with Crippen LogP contribution in [0.15, 0.2) is 23.3 Å². The Kier molecular flexibility index (Phi) is 13.8. The molecular formula is C29H44N2O12. The van der Waals surface area contributed by atoms with Crippen molar-refractivity contribution in [3.8, 4) is 0 Å². The summed E-state index contributed by atoms with van der Waals surface area (Å²) in [5, 5.41) is 8.88. The van der Waals surface area contributed by atoms with Crippen LogP contribution in [0.4, 0.5) is 0 Å². The first kappa shape index (κ1) is 37.6. The zero-order valence-corrected chi connectivity index (χ0v) is 26.7. The van der Waals surface area contributed by atoms with Gasteiger partial charge in [-0.05, 0) is 76.8 Å². The van der Waals surface area contributed by atoms with Crippen LogP contribution < -0.4 is 0 Å². The van der Waals surface area contributed by atoms with Crippen LogP contribution in [0.5, 0.6) is 0 Å². The van der Waals surface area contributed by atoms with Crippen LogP contribution in [0.2, 0.25) is 0 Å². The summed E-state index contributed by atoms with van der Waals surface area (Å²) in [4.78, 5) is 89.8. The molecule has 0 atom stereocenters. The minimum atomic E-state index is -0.721. The van der Waals surface area contributed by atoms with Crippen molar-refractivity contribution in [2.45, 2.75) is 106 Å². The van der Waals surface area contributed by atoms with E-state index in [1.165, 1.54) is 12.2 Å². The highest BCUT2D eigenvalue weighted by Crippen LogP contribution is 2.29. The standard InChI is InChI=1S/C16H25NO6.C13H19NO6/c1-11-9-12(18)17(14(11)20)8-7-13(19)21-23-22-16(5,6)10-15(2,3)4;1-9-8-10(15)14(12(9)17)7-5-6-11(16)18-20-19-13(2,3)4/h9H,7-8,10H2,1-6H3;8H,5-7H2,1-4H3. The first-order chi connectivity index (χ1) is 19.6. The van der Waals surface area contributed by atoms with Gasteiger partial charge in [0.25, 0.3) is 23.6 Å². The number of imide groups is 2. The van der Waals surface area contributed by atoms with E-state index in [0.717, 1.165) is 9.80 Å². The monoisotopic (exact) mass is 612 g/mol. The zero-order chi connectivity index (χ0) is 33.2. The molecule has 0 bridgehead atoms. The lowest BCUT2D eigenvalue weighted by molar-refractivity contribution is -0.518. The number of hydrogen-bond acceptors (Lipinski definition) is 12. The van der Waals surface area contributed by atoms with E-state index in [1.807, 2.05) is 13.8 Å². The van der Waals surface area contributed by atoms with Crippen LogP contribution in [-0.2, 0) is 58.4 Å². The average Bonchev–Trinajstić information content (AvgIpc) is 3.22. The van der Waals surface area contributed by atoms with Gasteiger partial charge in [-0.25, -0.2) is 9.59 Å². The third-order valence-electron chi connectivity index (χ3n) is 5.43. The van der Waals surface area contributed by atoms with Crippen molar-refractivity contribution in [3.05, 3.63) is 23.3 Å². The fourth-order valence-corrected chi connectivity index (χ4v) is 3.98. The molecule has 242 valence electrons. The minimum Gasteiger partial charge on any atom is -0.275 e. The molecule has 2 rings (SSSR count). The largest absolute Gasteiger partial charge is 0.347 e. The van der Waals surface area contributed by atoms with Crippen molar-refractivity contribution < 1.29 is 58.4 Å². The molecule has 4 amide bonds. The van der Waals surface area contributed by atoms with Crippen molar-refractivity contribution in [3.63, 3.8) is 0 Å². The lowest BCUT2D eigenvalue weighted by atomic mass is 9.84. The van der Waals surface area contributed by atoms with Gasteiger partial charge in [-0.1, -0.05) is 20.8 Å². The molecule has 0 fully saturated rings. The molecule has 0 aromatic rings. The lowest BCUT2D eigenvalue weighted by Crippen LogP contribution is -2.33. The predicted octanol–water partition coefficient (Wildman–Crippen LogP) is 3.60. The van der Waals surface area contributed by atoms with E-state index in [-0.39, 0.29) is 43.2 Å².